The molecule has 0 aliphatic rings. The summed E-state index contributed by atoms with van der Waals surface area (Å²) in [5.74, 6) is 12.3. The second kappa shape index (κ2) is 10.6. The zero-order chi connectivity index (χ0) is 29.5. The highest BCUT2D eigenvalue weighted by molar-refractivity contribution is 8.00. The topological polar surface area (TPSA) is 232 Å². The van der Waals surface area contributed by atoms with Crippen LogP contribution in [0, 0.1) is 0 Å². The third-order valence-corrected chi connectivity index (χ3v) is 7.83. The van der Waals surface area contributed by atoms with Gasteiger partial charge in [-0.2, -0.15) is 19.2 Å². The molecule has 18 nitrogen and oxygen atoms in total. The first-order chi connectivity index (χ1) is 20.9. The molecule has 0 bridgehead atoms. The summed E-state index contributed by atoms with van der Waals surface area (Å²) in [5.41, 5.74) is 3.02. The van der Waals surface area contributed by atoms with Gasteiger partial charge in [-0.25, -0.2) is 14.3 Å². The van der Waals surface area contributed by atoms with E-state index in [-0.39, 0.29) is 23.3 Å². The summed E-state index contributed by atoms with van der Waals surface area (Å²) in [7, 11) is 0. The van der Waals surface area contributed by atoms with E-state index in [1.54, 1.807) is 42.5 Å². The molecule has 2 amide bonds. The highest BCUT2D eigenvalue weighted by atomic mass is 32.2. The summed E-state index contributed by atoms with van der Waals surface area (Å²) in [4.78, 5) is 29.6. The number of nitrogens with zero attached hydrogens (tertiary/aromatic N) is 11. The fourth-order valence-electron chi connectivity index (χ4n) is 4.02. The molecule has 0 saturated carbocycles. The second-order valence-electron chi connectivity index (χ2n) is 8.92. The molecule has 0 aliphatic heterocycles. The Kier molecular flexibility index (Phi) is 6.51. The Balaban J connectivity index is 0.951. The van der Waals surface area contributed by atoms with Crippen molar-refractivity contribution in [1.29, 1.82) is 0 Å². The first-order valence-electron chi connectivity index (χ1n) is 12.4. The Morgan fingerprint density at radius 2 is 1.33 bits per heavy atom. The number of anilines is 2. The van der Waals surface area contributed by atoms with Crippen molar-refractivity contribution < 1.29 is 14.0 Å². The third kappa shape index (κ3) is 5.15. The Bertz CT molecular complexity index is 2120. The molecule has 7 aromatic rings. The predicted molar refractivity (Wildman–Crippen MR) is 156 cm³/mol. The van der Waals surface area contributed by atoms with Gasteiger partial charge < -0.3 is 26.7 Å². The second-order valence-corrected chi connectivity index (χ2v) is 10.8. The molecule has 20 heteroatoms. The monoisotopic (exact) mass is 617 g/mol. The van der Waals surface area contributed by atoms with Gasteiger partial charge in [-0.1, -0.05) is 23.5 Å². The molecule has 5 aromatic heterocycles. The summed E-state index contributed by atoms with van der Waals surface area (Å²) in [6.07, 6.45) is 2.81. The minimum absolute atomic E-state index is 0.0893. The number of carbonyl (C=O) groups excluding carboxylic acids is 2. The van der Waals surface area contributed by atoms with Crippen LogP contribution >= 0.6 is 23.5 Å². The average Bonchev–Trinajstić information content (AvgIpc) is 3.82. The van der Waals surface area contributed by atoms with Crippen LogP contribution in [0.5, 0.6) is 0 Å². The van der Waals surface area contributed by atoms with E-state index in [2.05, 4.69) is 46.2 Å². The number of nitrogens with two attached hydrogens (primary N) is 2. The molecule has 0 atom stereocenters. The largest absolute Gasteiger partial charge is 0.436 e. The number of aromatic nitrogens is 11. The SMILES string of the molecule is Nn1cnn2c(SCC(=O)Nc3ccc(-c4nc5cc(NC(=O)CSc6nnc7n(N)cnn67)ccc5o4)cc3)nnc12. The molecule has 0 unspecified atom stereocenters. The fourth-order valence-corrected chi connectivity index (χ4v) is 5.38. The number of nitrogens with one attached hydrogen (secondary N) is 2. The molecule has 2 aromatic carbocycles. The summed E-state index contributed by atoms with van der Waals surface area (Å²) < 4.78 is 11.3. The van der Waals surface area contributed by atoms with E-state index in [0.29, 0.717) is 55.8 Å². The van der Waals surface area contributed by atoms with Gasteiger partial charge in [0, 0.05) is 16.9 Å². The Hall–Kier alpha value is -5.63. The number of thioether (sulfide) groups is 2. The maximum Gasteiger partial charge on any atom is 0.273 e. The third-order valence-electron chi connectivity index (χ3n) is 5.99. The lowest BCUT2D eigenvalue weighted by molar-refractivity contribution is -0.114. The van der Waals surface area contributed by atoms with E-state index >= 15 is 0 Å². The molecule has 43 heavy (non-hydrogen) atoms. The summed E-state index contributed by atoms with van der Waals surface area (Å²) in [5, 5.41) is 30.6. The molecule has 0 aliphatic carbocycles. The zero-order valence-corrected chi connectivity index (χ0v) is 23.4. The Labute approximate surface area is 247 Å². The van der Waals surface area contributed by atoms with Gasteiger partial charge in [-0.3, -0.25) is 9.59 Å². The van der Waals surface area contributed by atoms with E-state index in [4.69, 9.17) is 16.1 Å². The number of carbonyl (C=O) groups is 2. The van der Waals surface area contributed by atoms with Gasteiger partial charge in [0.1, 0.15) is 18.2 Å². The van der Waals surface area contributed by atoms with Crippen molar-refractivity contribution in [3.05, 3.63) is 55.1 Å². The van der Waals surface area contributed by atoms with Gasteiger partial charge in [0.05, 0.1) is 11.5 Å². The number of nitrogen functional groups attached to an aromatic ring is 2. The fraction of sp³-hybridized carbons (Fsp3) is 0.0870. The van der Waals surface area contributed by atoms with Crippen molar-refractivity contribution in [1.82, 2.24) is 54.0 Å². The molecule has 0 radical (unpaired) electrons. The van der Waals surface area contributed by atoms with Gasteiger partial charge in [-0.15, -0.1) is 20.4 Å². The minimum Gasteiger partial charge on any atom is -0.436 e. The normalized spacial score (nSPS) is 11.5. The van der Waals surface area contributed by atoms with Crippen LogP contribution in [-0.2, 0) is 9.59 Å². The quantitative estimate of drug-likeness (QED) is 0.130. The zero-order valence-electron chi connectivity index (χ0n) is 21.7. The first-order valence-corrected chi connectivity index (χ1v) is 14.3. The van der Waals surface area contributed by atoms with Gasteiger partial charge in [0.25, 0.3) is 11.6 Å². The number of amides is 2. The molecule has 0 fully saturated rings. The lowest BCUT2D eigenvalue weighted by Gasteiger charge is -2.05. The van der Waals surface area contributed by atoms with Crippen LogP contribution in [-0.4, -0.2) is 77.3 Å². The van der Waals surface area contributed by atoms with E-state index in [0.717, 1.165) is 0 Å². The molecular weight excluding hydrogens is 598 g/mol. The highest BCUT2D eigenvalue weighted by Crippen LogP contribution is 2.27. The number of hydrogen-bond donors (Lipinski definition) is 4. The van der Waals surface area contributed by atoms with E-state index in [1.807, 2.05) is 0 Å². The van der Waals surface area contributed by atoms with Crippen molar-refractivity contribution in [2.45, 2.75) is 10.3 Å². The van der Waals surface area contributed by atoms with Crippen molar-refractivity contribution in [2.75, 3.05) is 33.8 Å². The summed E-state index contributed by atoms with van der Waals surface area (Å²) >= 11 is 2.37. The van der Waals surface area contributed by atoms with Crippen LogP contribution in [0.3, 0.4) is 0 Å². The van der Waals surface area contributed by atoms with Crippen LogP contribution in [0.4, 0.5) is 11.4 Å². The maximum absolute atomic E-state index is 12.5. The van der Waals surface area contributed by atoms with E-state index < -0.39 is 0 Å². The van der Waals surface area contributed by atoms with Gasteiger partial charge >= 0.3 is 0 Å². The molecule has 0 saturated heterocycles. The summed E-state index contributed by atoms with van der Waals surface area (Å²) in [6, 6.07) is 12.3. The number of rotatable bonds is 9. The summed E-state index contributed by atoms with van der Waals surface area (Å²) in [6.45, 7) is 0. The predicted octanol–water partition coefficient (Wildman–Crippen LogP) is 0.862. The van der Waals surface area contributed by atoms with Crippen molar-refractivity contribution >= 4 is 69.4 Å². The number of hydrogen-bond acceptors (Lipinski definition) is 14. The minimum atomic E-state index is -0.242. The van der Waals surface area contributed by atoms with Crippen molar-refractivity contribution in [3.8, 4) is 11.5 Å². The molecule has 6 N–H and O–H groups in total. The van der Waals surface area contributed by atoms with Crippen LogP contribution in [0.25, 0.3) is 34.1 Å². The Morgan fingerprint density at radius 1 is 0.767 bits per heavy atom. The molecule has 7 rings (SSSR count). The number of oxazole rings is 1. The van der Waals surface area contributed by atoms with Gasteiger partial charge in [0.2, 0.25) is 28.0 Å². The van der Waals surface area contributed by atoms with Crippen molar-refractivity contribution in [2.24, 2.45) is 0 Å². The lowest BCUT2D eigenvalue weighted by atomic mass is 10.2. The molecule has 216 valence electrons. The first kappa shape index (κ1) is 26.3. The smallest absolute Gasteiger partial charge is 0.273 e. The van der Waals surface area contributed by atoms with Crippen LogP contribution in [0.2, 0.25) is 0 Å². The van der Waals surface area contributed by atoms with Crippen molar-refractivity contribution in [3.63, 3.8) is 0 Å². The average molecular weight is 618 g/mol. The van der Waals surface area contributed by atoms with Gasteiger partial charge in [0.15, 0.2) is 5.58 Å². The van der Waals surface area contributed by atoms with E-state index in [1.165, 1.54) is 54.6 Å². The highest BCUT2D eigenvalue weighted by Gasteiger charge is 2.15. The molecule has 5 heterocycles. The van der Waals surface area contributed by atoms with Crippen LogP contribution in [0.15, 0.2) is 69.8 Å². The van der Waals surface area contributed by atoms with E-state index in [9.17, 15) is 9.59 Å². The molecular formula is C23H19N15O3S2. The van der Waals surface area contributed by atoms with Crippen LogP contribution < -0.4 is 22.3 Å². The lowest BCUT2D eigenvalue weighted by Crippen LogP contribution is -2.14. The maximum atomic E-state index is 12.5. The number of fused-ring (bicyclic) bond motifs is 3. The Morgan fingerprint density at radius 3 is 1.93 bits per heavy atom. The van der Waals surface area contributed by atoms with Gasteiger partial charge in [-0.05, 0) is 42.5 Å². The molecule has 0 spiro atoms. The standard InChI is InChI=1S/C23H19N15O3S2/c24-35-10-26-37-20(35)31-33-22(37)42-8-17(39)28-13-3-1-12(2-4-13)19-30-15-7-14(5-6-16(15)41-19)29-18(40)9-43-23-34-32-21-36(25)11-27-38(21)23/h1-7,10-11H,8-9,24-25H2,(H,28,39)(H,29,40). The number of benzene rings is 2. The van der Waals surface area contributed by atoms with Crippen LogP contribution in [0.1, 0.15) is 0 Å².